The van der Waals surface area contributed by atoms with Crippen LogP contribution in [0.4, 0.5) is 4.39 Å². The molecule has 0 spiro atoms. The van der Waals surface area contributed by atoms with E-state index in [2.05, 4.69) is 5.43 Å². The standard InChI is InChI=1S/C14H14ClFN2/c1-9-5-2-3-6-10(9)14(18-17)11-7-4-8-12(15)13(11)16/h2-8,14,18H,17H2,1H3. The van der Waals surface area contributed by atoms with E-state index in [0.29, 0.717) is 5.56 Å². The lowest BCUT2D eigenvalue weighted by molar-refractivity contribution is 0.559. The predicted molar refractivity (Wildman–Crippen MR) is 71.8 cm³/mol. The molecule has 0 amide bonds. The highest BCUT2D eigenvalue weighted by atomic mass is 35.5. The van der Waals surface area contributed by atoms with Gasteiger partial charge in [-0.15, -0.1) is 0 Å². The van der Waals surface area contributed by atoms with Gasteiger partial charge in [-0.3, -0.25) is 5.84 Å². The summed E-state index contributed by atoms with van der Waals surface area (Å²) in [6, 6.07) is 12.2. The average molecular weight is 265 g/mol. The van der Waals surface area contributed by atoms with Gasteiger partial charge in [0.25, 0.3) is 0 Å². The second-order valence-electron chi connectivity index (χ2n) is 4.10. The van der Waals surface area contributed by atoms with Crippen LogP contribution in [-0.4, -0.2) is 0 Å². The Morgan fingerprint density at radius 1 is 1.11 bits per heavy atom. The summed E-state index contributed by atoms with van der Waals surface area (Å²) in [7, 11) is 0. The molecule has 0 fully saturated rings. The highest BCUT2D eigenvalue weighted by Gasteiger charge is 2.19. The number of hydrogen-bond acceptors (Lipinski definition) is 2. The minimum atomic E-state index is -0.439. The van der Waals surface area contributed by atoms with Gasteiger partial charge in [0.05, 0.1) is 11.1 Å². The van der Waals surface area contributed by atoms with Crippen LogP contribution in [0.1, 0.15) is 22.7 Å². The first-order valence-corrected chi connectivity index (χ1v) is 5.98. The molecule has 2 aromatic rings. The maximum absolute atomic E-state index is 14.0. The number of nitrogens with two attached hydrogens (primary N) is 1. The first-order chi connectivity index (χ1) is 8.65. The summed E-state index contributed by atoms with van der Waals surface area (Å²) in [5.41, 5.74) is 5.06. The summed E-state index contributed by atoms with van der Waals surface area (Å²) in [6.07, 6.45) is 0. The molecule has 3 N–H and O–H groups in total. The Morgan fingerprint density at radius 2 is 1.78 bits per heavy atom. The molecule has 0 aliphatic carbocycles. The van der Waals surface area contributed by atoms with Crippen molar-refractivity contribution >= 4 is 11.6 Å². The zero-order chi connectivity index (χ0) is 13.1. The van der Waals surface area contributed by atoms with Crippen molar-refractivity contribution in [3.63, 3.8) is 0 Å². The van der Waals surface area contributed by atoms with E-state index in [1.165, 1.54) is 6.07 Å². The van der Waals surface area contributed by atoms with Crippen LogP contribution in [0.15, 0.2) is 42.5 Å². The molecule has 94 valence electrons. The van der Waals surface area contributed by atoms with Crippen LogP contribution < -0.4 is 11.3 Å². The lowest BCUT2D eigenvalue weighted by Crippen LogP contribution is -2.30. The summed E-state index contributed by atoms with van der Waals surface area (Å²) in [5.74, 6) is 5.13. The number of hydrogen-bond donors (Lipinski definition) is 2. The molecular weight excluding hydrogens is 251 g/mol. The first-order valence-electron chi connectivity index (χ1n) is 5.60. The molecule has 18 heavy (non-hydrogen) atoms. The fraction of sp³-hybridized carbons (Fsp3) is 0.143. The Morgan fingerprint density at radius 3 is 2.44 bits per heavy atom. The van der Waals surface area contributed by atoms with E-state index in [4.69, 9.17) is 17.4 Å². The van der Waals surface area contributed by atoms with E-state index < -0.39 is 11.9 Å². The highest BCUT2D eigenvalue weighted by molar-refractivity contribution is 6.30. The van der Waals surface area contributed by atoms with Crippen molar-refractivity contribution < 1.29 is 4.39 Å². The molecule has 0 aliphatic rings. The zero-order valence-electron chi connectivity index (χ0n) is 9.95. The smallest absolute Gasteiger partial charge is 0.146 e. The van der Waals surface area contributed by atoms with Crippen LogP contribution in [0.25, 0.3) is 0 Å². The maximum Gasteiger partial charge on any atom is 0.146 e. The van der Waals surface area contributed by atoms with Crippen LogP contribution in [0.3, 0.4) is 0 Å². The molecule has 1 unspecified atom stereocenters. The Bertz CT molecular complexity index is 557. The van der Waals surface area contributed by atoms with Crippen LogP contribution in [-0.2, 0) is 0 Å². The minimum Gasteiger partial charge on any atom is -0.271 e. The Labute approximate surface area is 111 Å². The number of nitrogens with one attached hydrogen (secondary N) is 1. The molecule has 4 heteroatoms. The topological polar surface area (TPSA) is 38.0 Å². The first kappa shape index (κ1) is 13.0. The predicted octanol–water partition coefficient (Wildman–Crippen LogP) is 3.34. The van der Waals surface area contributed by atoms with Crippen molar-refractivity contribution in [2.24, 2.45) is 5.84 Å². The Hall–Kier alpha value is -1.42. The molecule has 0 aromatic heterocycles. The summed E-state index contributed by atoms with van der Waals surface area (Å²) in [5, 5.41) is 0.0985. The van der Waals surface area contributed by atoms with Gasteiger partial charge in [0.2, 0.25) is 0 Å². The van der Waals surface area contributed by atoms with Gasteiger partial charge in [0.1, 0.15) is 5.82 Å². The van der Waals surface area contributed by atoms with E-state index in [1.54, 1.807) is 12.1 Å². The van der Waals surface area contributed by atoms with Gasteiger partial charge in [-0.25, -0.2) is 9.82 Å². The largest absolute Gasteiger partial charge is 0.271 e. The van der Waals surface area contributed by atoms with Crippen LogP contribution in [0, 0.1) is 12.7 Å². The summed E-state index contributed by atoms with van der Waals surface area (Å²) in [4.78, 5) is 0. The van der Waals surface area contributed by atoms with Gasteiger partial charge in [0, 0.05) is 5.56 Å². The quantitative estimate of drug-likeness (QED) is 0.659. The number of hydrazine groups is 1. The molecule has 0 heterocycles. The molecule has 0 aliphatic heterocycles. The SMILES string of the molecule is Cc1ccccc1C(NN)c1cccc(Cl)c1F. The Kier molecular flexibility index (Phi) is 3.97. The van der Waals surface area contributed by atoms with E-state index in [-0.39, 0.29) is 5.02 Å². The van der Waals surface area contributed by atoms with Crippen molar-refractivity contribution in [1.82, 2.24) is 5.43 Å². The fourth-order valence-corrected chi connectivity index (χ4v) is 2.18. The molecule has 0 saturated heterocycles. The lowest BCUT2D eigenvalue weighted by atomic mass is 9.95. The van der Waals surface area contributed by atoms with E-state index >= 15 is 0 Å². The van der Waals surface area contributed by atoms with E-state index in [1.807, 2.05) is 31.2 Å². The third-order valence-corrected chi connectivity index (χ3v) is 3.25. The zero-order valence-corrected chi connectivity index (χ0v) is 10.7. The lowest BCUT2D eigenvalue weighted by Gasteiger charge is -2.19. The van der Waals surface area contributed by atoms with Crippen LogP contribution >= 0.6 is 11.6 Å². The van der Waals surface area contributed by atoms with Crippen molar-refractivity contribution in [1.29, 1.82) is 0 Å². The second-order valence-corrected chi connectivity index (χ2v) is 4.51. The molecule has 2 nitrogen and oxygen atoms in total. The van der Waals surface area contributed by atoms with Crippen molar-refractivity contribution in [3.8, 4) is 0 Å². The van der Waals surface area contributed by atoms with E-state index in [9.17, 15) is 4.39 Å². The molecule has 2 rings (SSSR count). The number of rotatable bonds is 3. The molecule has 0 radical (unpaired) electrons. The summed E-state index contributed by atoms with van der Waals surface area (Å²) < 4.78 is 14.0. The normalized spacial score (nSPS) is 12.4. The molecule has 1 atom stereocenters. The highest BCUT2D eigenvalue weighted by Crippen LogP contribution is 2.29. The molecular formula is C14H14ClFN2. The fourth-order valence-electron chi connectivity index (χ4n) is 2.00. The number of benzene rings is 2. The van der Waals surface area contributed by atoms with Crippen LogP contribution in [0.5, 0.6) is 0 Å². The molecule has 2 aromatic carbocycles. The minimum absolute atomic E-state index is 0.0985. The Balaban J connectivity index is 2.53. The number of aryl methyl sites for hydroxylation is 1. The molecule has 0 saturated carbocycles. The van der Waals surface area contributed by atoms with Gasteiger partial charge in [-0.05, 0) is 24.1 Å². The third kappa shape index (κ3) is 2.38. The summed E-state index contributed by atoms with van der Waals surface area (Å²) in [6.45, 7) is 1.96. The van der Waals surface area contributed by atoms with Gasteiger partial charge in [-0.2, -0.15) is 0 Å². The third-order valence-electron chi connectivity index (χ3n) is 2.96. The van der Waals surface area contributed by atoms with Crippen molar-refractivity contribution in [3.05, 3.63) is 70.0 Å². The average Bonchev–Trinajstić information content (AvgIpc) is 2.37. The van der Waals surface area contributed by atoms with E-state index in [0.717, 1.165) is 11.1 Å². The monoisotopic (exact) mass is 264 g/mol. The summed E-state index contributed by atoms with van der Waals surface area (Å²) >= 11 is 5.80. The van der Waals surface area contributed by atoms with Crippen LogP contribution in [0.2, 0.25) is 5.02 Å². The maximum atomic E-state index is 14.0. The van der Waals surface area contributed by atoms with Gasteiger partial charge in [-0.1, -0.05) is 48.0 Å². The number of halogens is 2. The van der Waals surface area contributed by atoms with Crippen molar-refractivity contribution in [2.45, 2.75) is 13.0 Å². The van der Waals surface area contributed by atoms with Gasteiger partial charge < -0.3 is 0 Å². The van der Waals surface area contributed by atoms with Gasteiger partial charge in [0.15, 0.2) is 0 Å². The van der Waals surface area contributed by atoms with Gasteiger partial charge >= 0.3 is 0 Å². The molecule has 0 bridgehead atoms. The van der Waals surface area contributed by atoms with Crippen molar-refractivity contribution in [2.75, 3.05) is 0 Å². The second kappa shape index (κ2) is 5.48.